The van der Waals surface area contributed by atoms with Gasteiger partial charge in [0, 0.05) is 12.1 Å². The van der Waals surface area contributed by atoms with Gasteiger partial charge in [0.2, 0.25) is 0 Å². The molecule has 0 aliphatic carbocycles. The molecule has 6 nitrogen and oxygen atoms in total. The Morgan fingerprint density at radius 1 is 0.971 bits per heavy atom. The molecule has 7 heteroatoms. The number of carbonyl (C=O) groups excluding carboxylic acids is 1. The Hall–Kier alpha value is -3.64. The van der Waals surface area contributed by atoms with Crippen LogP contribution >= 0.6 is 11.6 Å². The van der Waals surface area contributed by atoms with E-state index in [1.165, 1.54) is 0 Å². The van der Waals surface area contributed by atoms with Crippen molar-refractivity contribution in [3.05, 3.63) is 90.3 Å². The van der Waals surface area contributed by atoms with Gasteiger partial charge in [0.1, 0.15) is 11.7 Å². The minimum Gasteiger partial charge on any atom is -0.386 e. The van der Waals surface area contributed by atoms with Crippen LogP contribution in [0.5, 0.6) is 0 Å². The highest BCUT2D eigenvalue weighted by molar-refractivity contribution is 6.27. The average molecular weight is 474 g/mol. The summed E-state index contributed by atoms with van der Waals surface area (Å²) in [5.74, 6) is 1.30. The summed E-state index contributed by atoms with van der Waals surface area (Å²) in [6.45, 7) is 0.611. The number of nitrogens with one attached hydrogen (secondary N) is 2. The lowest BCUT2D eigenvalue weighted by atomic mass is 10.0. The number of fused-ring (bicyclic) bond motifs is 1. The number of aromatic nitrogens is 2. The van der Waals surface area contributed by atoms with E-state index in [-0.39, 0.29) is 17.8 Å². The molecule has 0 saturated carbocycles. The number of para-hydroxylation sites is 2. The van der Waals surface area contributed by atoms with Crippen molar-refractivity contribution in [1.82, 2.24) is 15.3 Å². The monoisotopic (exact) mass is 473 g/mol. The molecule has 0 spiro atoms. The summed E-state index contributed by atoms with van der Waals surface area (Å²) >= 11 is 5.68. The van der Waals surface area contributed by atoms with Gasteiger partial charge in [0.25, 0.3) is 5.91 Å². The predicted molar refractivity (Wildman–Crippen MR) is 139 cm³/mol. The van der Waals surface area contributed by atoms with Crippen LogP contribution in [0.15, 0.2) is 83.9 Å². The molecule has 1 amide bonds. The number of unbranched alkanes of at least 4 members (excludes halogenated alkanes) is 1. The van der Waals surface area contributed by atoms with Crippen LogP contribution in [0, 0.1) is 0 Å². The SMILES string of the molecule is NC(CCl)=NCCCC[C@H](NC(=O)c1ccc(-c2ccccc2)cc1)c1nc2ccccc2[nH]1. The Balaban J connectivity index is 1.47. The molecular weight excluding hydrogens is 446 g/mol. The number of aliphatic imine (C=N–C) groups is 1. The lowest BCUT2D eigenvalue weighted by molar-refractivity contribution is 0.0932. The van der Waals surface area contributed by atoms with Gasteiger partial charge in [-0.1, -0.05) is 54.6 Å². The van der Waals surface area contributed by atoms with Crippen LogP contribution in [0.4, 0.5) is 0 Å². The van der Waals surface area contributed by atoms with E-state index in [2.05, 4.69) is 27.4 Å². The van der Waals surface area contributed by atoms with Crippen LogP contribution in [-0.4, -0.2) is 34.1 Å². The zero-order valence-electron chi connectivity index (χ0n) is 18.9. The molecule has 4 rings (SSSR count). The first kappa shape index (κ1) is 23.5. The first-order valence-electron chi connectivity index (χ1n) is 11.4. The summed E-state index contributed by atoms with van der Waals surface area (Å²) in [5, 5.41) is 3.17. The average Bonchev–Trinajstić information content (AvgIpc) is 3.32. The summed E-state index contributed by atoms with van der Waals surface area (Å²) in [4.78, 5) is 25.4. The van der Waals surface area contributed by atoms with Gasteiger partial charge in [-0.15, -0.1) is 11.6 Å². The smallest absolute Gasteiger partial charge is 0.251 e. The second-order valence-electron chi connectivity index (χ2n) is 8.11. The van der Waals surface area contributed by atoms with Gasteiger partial charge in [-0.3, -0.25) is 9.79 Å². The van der Waals surface area contributed by atoms with Crippen LogP contribution < -0.4 is 11.1 Å². The first-order chi connectivity index (χ1) is 16.6. The Labute approximate surface area is 204 Å². The maximum atomic E-state index is 13.1. The number of carbonyl (C=O) groups is 1. The number of hydrogen-bond acceptors (Lipinski definition) is 3. The lowest BCUT2D eigenvalue weighted by Gasteiger charge is -2.17. The van der Waals surface area contributed by atoms with Crippen molar-refractivity contribution in [2.24, 2.45) is 10.7 Å². The van der Waals surface area contributed by atoms with E-state index in [0.29, 0.717) is 17.9 Å². The van der Waals surface area contributed by atoms with Crippen molar-refractivity contribution in [1.29, 1.82) is 0 Å². The zero-order chi connectivity index (χ0) is 23.8. The first-order valence-corrected chi connectivity index (χ1v) is 11.9. The fraction of sp³-hybridized carbons (Fsp3) is 0.222. The molecule has 1 heterocycles. The summed E-state index contributed by atoms with van der Waals surface area (Å²) < 4.78 is 0. The molecule has 0 fully saturated rings. The van der Waals surface area contributed by atoms with Crippen LogP contribution in [0.3, 0.4) is 0 Å². The third kappa shape index (κ3) is 6.02. The summed E-state index contributed by atoms with van der Waals surface area (Å²) in [6, 6.07) is 25.4. The number of nitrogens with two attached hydrogens (primary N) is 1. The highest BCUT2D eigenvalue weighted by atomic mass is 35.5. The predicted octanol–water partition coefficient (Wildman–Crippen LogP) is 5.47. The molecule has 4 aromatic rings. The molecule has 34 heavy (non-hydrogen) atoms. The number of amidine groups is 1. The van der Waals surface area contributed by atoms with Gasteiger partial charge in [-0.05, 0) is 54.7 Å². The number of aromatic amines is 1. The van der Waals surface area contributed by atoms with Crippen LogP contribution in [-0.2, 0) is 0 Å². The largest absolute Gasteiger partial charge is 0.386 e. The third-order valence-electron chi connectivity index (χ3n) is 5.65. The zero-order valence-corrected chi connectivity index (χ0v) is 19.6. The molecule has 4 N–H and O–H groups in total. The molecule has 0 bridgehead atoms. The Bertz CT molecular complexity index is 1220. The fourth-order valence-corrected chi connectivity index (χ4v) is 3.91. The molecule has 1 aromatic heterocycles. The van der Waals surface area contributed by atoms with Crippen molar-refractivity contribution in [2.75, 3.05) is 12.4 Å². The van der Waals surface area contributed by atoms with E-state index in [1.807, 2.05) is 66.7 Å². The van der Waals surface area contributed by atoms with Crippen LogP contribution in [0.25, 0.3) is 22.2 Å². The van der Waals surface area contributed by atoms with Crippen molar-refractivity contribution >= 4 is 34.4 Å². The number of alkyl halides is 1. The maximum absolute atomic E-state index is 13.1. The second-order valence-corrected chi connectivity index (χ2v) is 8.38. The van der Waals surface area contributed by atoms with Gasteiger partial charge < -0.3 is 16.0 Å². The van der Waals surface area contributed by atoms with Gasteiger partial charge in [0.05, 0.1) is 23.0 Å². The van der Waals surface area contributed by atoms with Crippen molar-refractivity contribution in [3.8, 4) is 11.1 Å². The number of benzene rings is 3. The van der Waals surface area contributed by atoms with Crippen LogP contribution in [0.2, 0.25) is 0 Å². The molecule has 0 aliphatic rings. The quantitative estimate of drug-likeness (QED) is 0.123. The minimum absolute atomic E-state index is 0.130. The standard InChI is InChI=1S/C27H28ClN5O/c28-18-25(29)30-17-7-6-12-24(26-31-22-10-4-5-11-23(22)32-26)33-27(34)21-15-13-20(14-16-21)19-8-2-1-3-9-19/h1-5,8-11,13-16,24H,6-7,12,17-18H2,(H2,29,30)(H,31,32)(H,33,34)/t24-/m0/s1. The molecule has 3 aromatic carbocycles. The molecule has 0 aliphatic heterocycles. The fourth-order valence-electron chi connectivity index (χ4n) is 3.83. The number of nitrogens with zero attached hydrogens (tertiary/aromatic N) is 2. The molecule has 0 unspecified atom stereocenters. The summed E-state index contributed by atoms with van der Waals surface area (Å²) in [5.41, 5.74) is 10.3. The maximum Gasteiger partial charge on any atom is 0.251 e. The highest BCUT2D eigenvalue weighted by Crippen LogP contribution is 2.23. The van der Waals surface area contributed by atoms with Crippen molar-refractivity contribution in [3.63, 3.8) is 0 Å². The Kier molecular flexibility index (Phi) is 7.94. The van der Waals surface area contributed by atoms with Crippen molar-refractivity contribution < 1.29 is 4.79 Å². The van der Waals surface area contributed by atoms with Gasteiger partial charge >= 0.3 is 0 Å². The second kappa shape index (κ2) is 11.5. The number of H-pyrrole nitrogens is 1. The van der Waals surface area contributed by atoms with Crippen LogP contribution in [0.1, 0.15) is 41.5 Å². The Morgan fingerprint density at radius 3 is 2.41 bits per heavy atom. The molecule has 0 radical (unpaired) electrons. The van der Waals surface area contributed by atoms with E-state index in [4.69, 9.17) is 22.3 Å². The van der Waals surface area contributed by atoms with E-state index in [9.17, 15) is 4.79 Å². The van der Waals surface area contributed by atoms with Gasteiger partial charge in [-0.25, -0.2) is 4.98 Å². The summed E-state index contributed by atoms with van der Waals surface area (Å²) in [7, 11) is 0. The number of amides is 1. The molecule has 1 atom stereocenters. The van der Waals surface area contributed by atoms with Crippen molar-refractivity contribution in [2.45, 2.75) is 25.3 Å². The molecule has 174 valence electrons. The lowest BCUT2D eigenvalue weighted by Crippen LogP contribution is -2.29. The Morgan fingerprint density at radius 2 is 1.68 bits per heavy atom. The van der Waals surface area contributed by atoms with E-state index in [0.717, 1.165) is 47.2 Å². The number of rotatable bonds is 10. The van der Waals surface area contributed by atoms with Gasteiger partial charge in [0.15, 0.2) is 0 Å². The number of imidazole rings is 1. The van der Waals surface area contributed by atoms with E-state index >= 15 is 0 Å². The summed E-state index contributed by atoms with van der Waals surface area (Å²) in [6.07, 6.45) is 2.42. The van der Waals surface area contributed by atoms with Gasteiger partial charge in [-0.2, -0.15) is 0 Å². The molecule has 0 saturated heterocycles. The third-order valence-corrected chi connectivity index (χ3v) is 5.92. The van der Waals surface area contributed by atoms with E-state index < -0.39 is 0 Å². The van der Waals surface area contributed by atoms with E-state index in [1.54, 1.807) is 0 Å². The normalized spacial score (nSPS) is 12.6. The number of hydrogen-bond donors (Lipinski definition) is 3. The topological polar surface area (TPSA) is 96.2 Å². The number of halogens is 1. The minimum atomic E-state index is -0.247. The molecular formula is C27H28ClN5O. The highest BCUT2D eigenvalue weighted by Gasteiger charge is 2.19.